The average molecular weight is 394 g/mol. The lowest BCUT2D eigenvalue weighted by atomic mass is 9.67. The summed E-state index contributed by atoms with van der Waals surface area (Å²) in [4.78, 5) is 31.3. The lowest BCUT2D eigenvalue weighted by Gasteiger charge is -2.39. The first-order chi connectivity index (χ1) is 13.9. The van der Waals surface area contributed by atoms with Crippen molar-refractivity contribution in [2.75, 3.05) is 0 Å². The summed E-state index contributed by atoms with van der Waals surface area (Å²) in [5, 5.41) is 0. The highest BCUT2D eigenvalue weighted by Gasteiger charge is 2.46. The highest BCUT2D eigenvalue weighted by molar-refractivity contribution is 6.09. The zero-order valence-electron chi connectivity index (χ0n) is 17.7. The first kappa shape index (κ1) is 20.1. The van der Waals surface area contributed by atoms with E-state index in [0.717, 1.165) is 54.6 Å². The van der Waals surface area contributed by atoms with Gasteiger partial charge in [0.1, 0.15) is 12.0 Å². The van der Waals surface area contributed by atoms with E-state index in [2.05, 4.69) is 13.8 Å². The number of aliphatic imine (C=N–C) groups is 1. The Morgan fingerprint density at radius 2 is 1.76 bits per heavy atom. The number of Topliss-reactive ketones (excluding diaryl/α,β-unsaturated/α-hetero) is 1. The van der Waals surface area contributed by atoms with Gasteiger partial charge in [0.05, 0.1) is 0 Å². The molecule has 1 fully saturated rings. The lowest BCUT2D eigenvalue weighted by molar-refractivity contribution is -0.153. The summed E-state index contributed by atoms with van der Waals surface area (Å²) in [6.07, 6.45) is 6.56. The molecule has 0 N–H and O–H groups in total. The maximum Gasteiger partial charge on any atom is 0.315 e. The Bertz CT molecular complexity index is 859. The first-order valence-electron chi connectivity index (χ1n) is 10.9. The van der Waals surface area contributed by atoms with Gasteiger partial charge in [0, 0.05) is 29.3 Å². The SMILES string of the molecule is CC1=NC2=C(C(=O)CC(C)(C)C2)[C@@H](c2ccccc2)C1C(=O)OC1CCCCC1. The van der Waals surface area contributed by atoms with E-state index < -0.39 is 5.92 Å². The number of rotatable bonds is 3. The van der Waals surface area contributed by atoms with Crippen LogP contribution in [-0.4, -0.2) is 23.6 Å². The van der Waals surface area contributed by atoms with Gasteiger partial charge >= 0.3 is 5.97 Å². The van der Waals surface area contributed by atoms with E-state index in [4.69, 9.17) is 9.73 Å². The number of allylic oxidation sites excluding steroid dienone is 2. The van der Waals surface area contributed by atoms with Crippen LogP contribution in [0.2, 0.25) is 0 Å². The van der Waals surface area contributed by atoms with Crippen molar-refractivity contribution in [1.82, 2.24) is 0 Å². The van der Waals surface area contributed by atoms with Crippen molar-refractivity contribution in [2.24, 2.45) is 16.3 Å². The Kier molecular flexibility index (Phi) is 5.46. The molecule has 0 bridgehead atoms. The topological polar surface area (TPSA) is 55.7 Å². The summed E-state index contributed by atoms with van der Waals surface area (Å²) >= 11 is 0. The fraction of sp³-hybridized carbons (Fsp3) is 0.560. The third-order valence-electron chi connectivity index (χ3n) is 6.55. The number of carbonyl (C=O) groups excluding carboxylic acids is 2. The van der Waals surface area contributed by atoms with Crippen molar-refractivity contribution in [1.29, 1.82) is 0 Å². The van der Waals surface area contributed by atoms with Gasteiger partial charge in [0.15, 0.2) is 5.78 Å². The molecule has 1 unspecified atom stereocenters. The van der Waals surface area contributed by atoms with E-state index >= 15 is 0 Å². The van der Waals surface area contributed by atoms with Gasteiger partial charge in [-0.1, -0.05) is 50.6 Å². The second-order valence-electron chi connectivity index (χ2n) is 9.62. The predicted molar refractivity (Wildman–Crippen MR) is 114 cm³/mol. The minimum Gasteiger partial charge on any atom is -0.462 e. The summed E-state index contributed by atoms with van der Waals surface area (Å²) in [5.41, 5.74) is 3.25. The number of ether oxygens (including phenoxy) is 1. The normalized spacial score (nSPS) is 27.3. The molecular weight excluding hydrogens is 362 g/mol. The number of ketones is 1. The van der Waals surface area contributed by atoms with Gasteiger partial charge in [0.2, 0.25) is 0 Å². The minimum absolute atomic E-state index is 0.00293. The molecule has 0 amide bonds. The Morgan fingerprint density at radius 3 is 2.45 bits per heavy atom. The summed E-state index contributed by atoms with van der Waals surface area (Å²) < 4.78 is 5.96. The number of hydrogen-bond donors (Lipinski definition) is 0. The molecule has 0 spiro atoms. The minimum atomic E-state index is -0.525. The van der Waals surface area contributed by atoms with Gasteiger partial charge in [-0.05, 0) is 50.0 Å². The van der Waals surface area contributed by atoms with Crippen LogP contribution < -0.4 is 0 Å². The molecule has 0 radical (unpaired) electrons. The Labute approximate surface area is 173 Å². The monoisotopic (exact) mass is 393 g/mol. The van der Waals surface area contributed by atoms with Crippen molar-refractivity contribution >= 4 is 17.5 Å². The van der Waals surface area contributed by atoms with E-state index in [-0.39, 0.29) is 29.2 Å². The van der Waals surface area contributed by atoms with Gasteiger partial charge in [-0.3, -0.25) is 14.6 Å². The fourth-order valence-electron chi connectivity index (χ4n) is 5.19. The number of esters is 1. The van der Waals surface area contributed by atoms with Crippen molar-refractivity contribution in [3.8, 4) is 0 Å². The molecule has 3 aliphatic rings. The van der Waals surface area contributed by atoms with E-state index in [9.17, 15) is 9.59 Å². The van der Waals surface area contributed by atoms with E-state index in [1.807, 2.05) is 37.3 Å². The molecule has 2 atom stereocenters. The van der Waals surface area contributed by atoms with Gasteiger partial charge in [-0.2, -0.15) is 0 Å². The highest BCUT2D eigenvalue weighted by atomic mass is 16.5. The molecule has 1 aromatic carbocycles. The van der Waals surface area contributed by atoms with E-state index in [1.54, 1.807) is 0 Å². The van der Waals surface area contributed by atoms with Gasteiger partial charge < -0.3 is 4.74 Å². The molecule has 1 saturated carbocycles. The average Bonchev–Trinajstić information content (AvgIpc) is 2.67. The lowest BCUT2D eigenvalue weighted by Crippen LogP contribution is -2.40. The molecule has 0 saturated heterocycles. The Balaban J connectivity index is 1.73. The molecule has 1 aliphatic heterocycles. The standard InChI is InChI=1S/C25H31NO3/c1-16-21(24(28)29-18-12-8-5-9-13-18)22(17-10-6-4-7-11-17)23-19(26-16)14-25(2,3)15-20(23)27/h4,6-7,10-11,18,21-22H,5,8-9,12-15H2,1-3H3/t21?,22-/m0/s1. The highest BCUT2D eigenvalue weighted by Crippen LogP contribution is 2.48. The van der Waals surface area contributed by atoms with Crippen LogP contribution in [0.3, 0.4) is 0 Å². The van der Waals surface area contributed by atoms with Crippen LogP contribution in [0, 0.1) is 11.3 Å². The summed E-state index contributed by atoms with van der Waals surface area (Å²) in [6.45, 7) is 6.14. The smallest absolute Gasteiger partial charge is 0.315 e. The van der Waals surface area contributed by atoms with Crippen molar-refractivity contribution in [3.05, 3.63) is 47.2 Å². The molecule has 4 heteroatoms. The first-order valence-corrected chi connectivity index (χ1v) is 10.9. The summed E-state index contributed by atoms with van der Waals surface area (Å²) in [6, 6.07) is 9.93. The zero-order chi connectivity index (χ0) is 20.6. The molecule has 0 aromatic heterocycles. The maximum absolute atomic E-state index is 13.3. The van der Waals surface area contributed by atoms with Crippen LogP contribution in [0.5, 0.6) is 0 Å². The van der Waals surface area contributed by atoms with Crippen LogP contribution >= 0.6 is 0 Å². The quantitative estimate of drug-likeness (QED) is 0.648. The second kappa shape index (κ2) is 7.89. The fourth-order valence-corrected chi connectivity index (χ4v) is 5.19. The summed E-state index contributed by atoms with van der Waals surface area (Å²) in [7, 11) is 0. The Morgan fingerprint density at radius 1 is 1.07 bits per heavy atom. The summed E-state index contributed by atoms with van der Waals surface area (Å²) in [5.74, 6) is -0.931. The van der Waals surface area contributed by atoms with Gasteiger partial charge in [-0.15, -0.1) is 0 Å². The van der Waals surface area contributed by atoms with Crippen molar-refractivity contribution in [2.45, 2.75) is 77.7 Å². The van der Waals surface area contributed by atoms with E-state index in [1.165, 1.54) is 6.42 Å². The third kappa shape index (κ3) is 4.08. The van der Waals surface area contributed by atoms with E-state index in [0.29, 0.717) is 6.42 Å². The molecule has 29 heavy (non-hydrogen) atoms. The van der Waals surface area contributed by atoms with Crippen molar-refractivity contribution < 1.29 is 14.3 Å². The molecule has 154 valence electrons. The maximum atomic E-state index is 13.3. The van der Waals surface area contributed by atoms with Crippen LogP contribution in [-0.2, 0) is 14.3 Å². The predicted octanol–water partition coefficient (Wildman–Crippen LogP) is 5.38. The van der Waals surface area contributed by atoms with Crippen LogP contribution in [0.4, 0.5) is 0 Å². The number of hydrogen-bond acceptors (Lipinski definition) is 4. The van der Waals surface area contributed by atoms with Crippen LogP contribution in [0.1, 0.15) is 77.2 Å². The van der Waals surface area contributed by atoms with Gasteiger partial charge in [0.25, 0.3) is 0 Å². The molecule has 4 rings (SSSR count). The number of nitrogens with zero attached hydrogens (tertiary/aromatic N) is 1. The molecule has 2 aliphatic carbocycles. The Hall–Kier alpha value is -2.23. The molecule has 4 nitrogen and oxygen atoms in total. The third-order valence-corrected chi connectivity index (χ3v) is 6.55. The van der Waals surface area contributed by atoms with Gasteiger partial charge in [-0.25, -0.2) is 0 Å². The molecule has 1 heterocycles. The zero-order valence-corrected chi connectivity index (χ0v) is 17.7. The number of carbonyl (C=O) groups is 2. The van der Waals surface area contributed by atoms with Crippen LogP contribution in [0.15, 0.2) is 46.6 Å². The largest absolute Gasteiger partial charge is 0.462 e. The molecule has 1 aromatic rings. The second-order valence-corrected chi connectivity index (χ2v) is 9.62. The molecular formula is C25H31NO3. The van der Waals surface area contributed by atoms with Crippen molar-refractivity contribution in [3.63, 3.8) is 0 Å². The number of benzene rings is 1. The van der Waals surface area contributed by atoms with Crippen LogP contribution in [0.25, 0.3) is 0 Å².